The predicted octanol–water partition coefficient (Wildman–Crippen LogP) is 5.50. The van der Waals surface area contributed by atoms with Gasteiger partial charge in [-0.25, -0.2) is 0 Å². The molecule has 0 saturated carbocycles. The molecule has 0 radical (unpaired) electrons. The number of allylic oxidation sites excluding steroid dienone is 2. The van der Waals surface area contributed by atoms with Gasteiger partial charge in [0, 0.05) is 36.9 Å². The van der Waals surface area contributed by atoms with Crippen molar-refractivity contribution in [2.75, 3.05) is 31.0 Å². The van der Waals surface area contributed by atoms with Crippen molar-refractivity contribution in [2.45, 2.75) is 20.3 Å². The summed E-state index contributed by atoms with van der Waals surface area (Å²) in [4.78, 5) is 25.4. The van der Waals surface area contributed by atoms with Crippen LogP contribution in [0.5, 0.6) is 0 Å². The van der Waals surface area contributed by atoms with Crippen molar-refractivity contribution >= 4 is 69.8 Å². The first-order valence-electron chi connectivity index (χ1n) is 11.2. The highest BCUT2D eigenvalue weighted by molar-refractivity contribution is 7.71. The maximum Gasteiger partial charge on any atom is 0.231 e. The zero-order valence-corrected chi connectivity index (χ0v) is 21.9. The lowest BCUT2D eigenvalue weighted by molar-refractivity contribution is 0.588. The Balaban J connectivity index is 1.83. The summed E-state index contributed by atoms with van der Waals surface area (Å²) in [5, 5.41) is 8.65. The number of rotatable bonds is 8. The lowest BCUT2D eigenvalue weighted by atomic mass is 10.1. The number of fused-ring (bicyclic) bond motifs is 2. The number of aromatic amines is 1. The molecular formula is C24H28ClN8OP. The molecule has 0 aliphatic heterocycles. The summed E-state index contributed by atoms with van der Waals surface area (Å²) < 4.78 is 13.3. The van der Waals surface area contributed by atoms with Crippen LogP contribution in [0.1, 0.15) is 20.3 Å². The Morgan fingerprint density at radius 1 is 1.23 bits per heavy atom. The van der Waals surface area contributed by atoms with Gasteiger partial charge in [0.2, 0.25) is 5.95 Å². The molecule has 0 saturated heterocycles. The monoisotopic (exact) mass is 510 g/mol. The van der Waals surface area contributed by atoms with Crippen molar-refractivity contribution in [3.8, 4) is 0 Å². The molecule has 0 aliphatic carbocycles. The average molecular weight is 511 g/mol. The fraction of sp³-hybridized carbons (Fsp3) is 0.292. The molecule has 4 aromatic rings. The zero-order valence-electron chi connectivity index (χ0n) is 20.3. The van der Waals surface area contributed by atoms with Gasteiger partial charge >= 0.3 is 0 Å². The molecular weight excluding hydrogens is 483 g/mol. The quantitative estimate of drug-likeness (QED) is 0.211. The Bertz CT molecular complexity index is 1490. The molecule has 0 bridgehead atoms. The molecule has 3 N–H and O–H groups in total. The second kappa shape index (κ2) is 10.1. The molecule has 35 heavy (non-hydrogen) atoms. The first-order chi connectivity index (χ1) is 16.7. The van der Waals surface area contributed by atoms with Crippen LogP contribution in [-0.4, -0.2) is 51.5 Å². The van der Waals surface area contributed by atoms with E-state index in [4.69, 9.17) is 16.6 Å². The second-order valence-electron chi connectivity index (χ2n) is 8.58. The van der Waals surface area contributed by atoms with Crippen molar-refractivity contribution in [1.29, 1.82) is 0 Å². The molecule has 1 aromatic carbocycles. The smallest absolute Gasteiger partial charge is 0.231 e. The van der Waals surface area contributed by atoms with Crippen LogP contribution in [0.15, 0.2) is 52.5 Å². The zero-order chi connectivity index (χ0) is 25.2. The van der Waals surface area contributed by atoms with E-state index in [0.29, 0.717) is 50.2 Å². The minimum absolute atomic E-state index is 0.147. The maximum absolute atomic E-state index is 13.3. The van der Waals surface area contributed by atoms with Crippen molar-refractivity contribution in [1.82, 2.24) is 24.9 Å². The number of benzene rings is 1. The number of H-pyrrole nitrogens is 1. The Morgan fingerprint density at radius 3 is 2.71 bits per heavy atom. The molecule has 0 amide bonds. The third-order valence-electron chi connectivity index (χ3n) is 5.63. The fourth-order valence-electron chi connectivity index (χ4n) is 3.74. The lowest BCUT2D eigenvalue weighted by Gasteiger charge is -2.18. The Labute approximate surface area is 208 Å². The van der Waals surface area contributed by atoms with E-state index in [9.17, 15) is 4.57 Å². The van der Waals surface area contributed by atoms with E-state index >= 15 is 0 Å². The molecule has 0 spiro atoms. The van der Waals surface area contributed by atoms with Gasteiger partial charge in [-0.05, 0) is 43.9 Å². The number of aliphatic imine (C=N–C) groups is 1. The molecule has 1 atom stereocenters. The normalized spacial score (nSPS) is 13.9. The summed E-state index contributed by atoms with van der Waals surface area (Å²) in [7, 11) is -1.05. The van der Waals surface area contributed by atoms with Gasteiger partial charge < -0.3 is 20.2 Å². The van der Waals surface area contributed by atoms with Gasteiger partial charge in [-0.3, -0.25) is 15.0 Å². The number of nitrogens with zero attached hydrogens (tertiary/aromatic N) is 5. The molecule has 4 rings (SSSR count). The van der Waals surface area contributed by atoms with Crippen LogP contribution in [-0.2, 0) is 4.57 Å². The van der Waals surface area contributed by atoms with Crippen LogP contribution in [0.4, 0.5) is 17.5 Å². The molecule has 9 nitrogen and oxygen atoms in total. The van der Waals surface area contributed by atoms with Crippen LogP contribution in [0, 0.1) is 5.92 Å². The maximum atomic E-state index is 13.3. The van der Waals surface area contributed by atoms with Gasteiger partial charge in [0.1, 0.15) is 24.1 Å². The van der Waals surface area contributed by atoms with Crippen LogP contribution in [0.2, 0.25) is 0 Å². The molecule has 0 aliphatic rings. The molecule has 3 heterocycles. The highest BCUT2D eigenvalue weighted by Gasteiger charge is 2.23. The highest BCUT2D eigenvalue weighted by atomic mass is 35.5. The van der Waals surface area contributed by atoms with E-state index in [-0.39, 0.29) is 5.92 Å². The third-order valence-corrected chi connectivity index (χ3v) is 7.73. The van der Waals surface area contributed by atoms with Crippen LogP contribution < -0.4 is 15.9 Å². The Morgan fingerprint density at radius 2 is 2.00 bits per heavy atom. The van der Waals surface area contributed by atoms with Crippen LogP contribution >= 0.6 is 18.7 Å². The number of halogens is 1. The summed E-state index contributed by atoms with van der Waals surface area (Å²) in [6.45, 7) is 7.56. The number of nitrogens with one attached hydrogen (secondary N) is 3. The van der Waals surface area contributed by atoms with Crippen molar-refractivity contribution < 1.29 is 4.57 Å². The molecule has 182 valence electrons. The summed E-state index contributed by atoms with van der Waals surface area (Å²) in [6.07, 6.45) is 7.56. The van der Waals surface area contributed by atoms with Crippen molar-refractivity contribution in [2.24, 2.45) is 10.9 Å². The van der Waals surface area contributed by atoms with Crippen LogP contribution in [0.3, 0.4) is 0 Å². The fourth-order valence-corrected chi connectivity index (χ4v) is 5.38. The molecule has 3 aromatic heterocycles. The summed E-state index contributed by atoms with van der Waals surface area (Å²) in [5.74, 6) is 1.04. The highest BCUT2D eigenvalue weighted by Crippen LogP contribution is 2.41. The van der Waals surface area contributed by atoms with E-state index in [1.165, 1.54) is 0 Å². The van der Waals surface area contributed by atoms with E-state index in [1.807, 2.05) is 25.1 Å². The summed E-state index contributed by atoms with van der Waals surface area (Å²) in [5.41, 5.74) is 3.21. The third kappa shape index (κ3) is 5.21. The molecule has 1 unspecified atom stereocenters. The minimum Gasteiger partial charge on any atom is -0.346 e. The van der Waals surface area contributed by atoms with Gasteiger partial charge in [-0.1, -0.05) is 25.4 Å². The first-order valence-corrected chi connectivity index (χ1v) is 14.2. The largest absolute Gasteiger partial charge is 0.346 e. The first kappa shape index (κ1) is 24.8. The Kier molecular flexibility index (Phi) is 7.19. The number of hydrogen-bond acceptors (Lipinski definition) is 8. The number of aromatic nitrogens is 5. The summed E-state index contributed by atoms with van der Waals surface area (Å²) in [6, 6.07) is 5.59. The molecule has 11 heteroatoms. The number of hydrogen-bond donors (Lipinski definition) is 3. The lowest BCUT2D eigenvalue weighted by Crippen LogP contribution is -2.14. The minimum atomic E-state index is -2.73. The van der Waals surface area contributed by atoms with E-state index in [0.717, 1.165) is 11.8 Å². The van der Waals surface area contributed by atoms with E-state index in [1.54, 1.807) is 45.2 Å². The van der Waals surface area contributed by atoms with Gasteiger partial charge in [0.25, 0.3) is 0 Å². The summed E-state index contributed by atoms with van der Waals surface area (Å²) >= 11 is 6.62. The van der Waals surface area contributed by atoms with Crippen molar-refractivity contribution in [3.63, 3.8) is 0 Å². The number of anilines is 3. The average Bonchev–Trinajstić information content (AvgIpc) is 3.31. The van der Waals surface area contributed by atoms with Crippen molar-refractivity contribution in [3.05, 3.63) is 47.5 Å². The predicted molar refractivity (Wildman–Crippen MR) is 146 cm³/mol. The van der Waals surface area contributed by atoms with Gasteiger partial charge in [0.05, 0.1) is 27.6 Å². The SMILES string of the molecule is CCC(C)/C(Cl)=C(\C=NC)Nc1nc(Nc2ccc3nccnc3c2P(C)(C)=O)c2cc[nH]c2n1. The van der Waals surface area contributed by atoms with Crippen LogP contribution in [0.25, 0.3) is 22.1 Å². The standard InChI is InChI=1S/C24H28ClN8OP/c1-6-14(2)19(25)18(13-26-3)31-24-32-22-15(9-10-29-22)23(33-24)30-17-8-7-16-20(28-12-11-27-16)21(17)35(4,5)34/h7-14H,6H2,1-5H3,(H3,29,30,31,32,33)/b19-18-,26-13?. The van der Waals surface area contributed by atoms with Gasteiger partial charge in [0.15, 0.2) is 0 Å². The second-order valence-corrected chi connectivity index (χ2v) is 12.1. The Hall–Kier alpha value is -3.29. The topological polar surface area (TPSA) is 121 Å². The van der Waals surface area contributed by atoms with E-state index < -0.39 is 7.14 Å². The molecule has 0 fully saturated rings. The van der Waals surface area contributed by atoms with Gasteiger partial charge in [-0.2, -0.15) is 9.97 Å². The van der Waals surface area contributed by atoms with E-state index in [2.05, 4.69) is 42.5 Å². The van der Waals surface area contributed by atoms with Gasteiger partial charge in [-0.15, -0.1) is 0 Å².